The average molecular weight is 343 g/mol. The first kappa shape index (κ1) is 12.3. The molecule has 0 unspecified atom stereocenters. The van der Waals surface area contributed by atoms with Crippen LogP contribution in [0.4, 0.5) is 0 Å². The van der Waals surface area contributed by atoms with E-state index in [1.807, 2.05) is 24.3 Å². The molecular formula is C13H9BrClNOS. The van der Waals surface area contributed by atoms with Gasteiger partial charge in [-0.05, 0) is 39.9 Å². The minimum atomic E-state index is 0.146. The molecule has 18 heavy (non-hydrogen) atoms. The van der Waals surface area contributed by atoms with Crippen molar-refractivity contribution in [2.45, 2.75) is 18.8 Å². The van der Waals surface area contributed by atoms with E-state index >= 15 is 0 Å². The van der Waals surface area contributed by atoms with Crippen LogP contribution in [-0.2, 0) is 6.42 Å². The number of rotatable bonds is 1. The maximum absolute atomic E-state index is 12.1. The summed E-state index contributed by atoms with van der Waals surface area (Å²) in [5.74, 6) is 0.317. The highest BCUT2D eigenvalue weighted by atomic mass is 79.9. The largest absolute Gasteiger partial charge is 0.293 e. The summed E-state index contributed by atoms with van der Waals surface area (Å²) in [4.78, 5) is 17.3. The van der Waals surface area contributed by atoms with E-state index in [9.17, 15) is 4.79 Å². The molecule has 0 fully saturated rings. The average Bonchev–Trinajstić information content (AvgIpc) is 2.71. The predicted molar refractivity (Wildman–Crippen MR) is 76.7 cm³/mol. The molecule has 0 saturated heterocycles. The molecule has 0 amide bonds. The number of thiazole rings is 1. The lowest BCUT2D eigenvalue weighted by molar-refractivity contribution is 0.0968. The standard InChI is InChI=1S/C13H9BrClNOS/c14-13-16-10-5-7(6-11(17)12(10)18-13)8-3-1-2-4-9(8)15/h1-4,7H,5-6H2/t7-/m1/s1. The summed E-state index contributed by atoms with van der Waals surface area (Å²) < 4.78 is 0.778. The van der Waals surface area contributed by atoms with Crippen LogP contribution in [0, 0.1) is 0 Å². The van der Waals surface area contributed by atoms with Gasteiger partial charge in [0.1, 0.15) is 0 Å². The number of fused-ring (bicyclic) bond motifs is 1. The minimum Gasteiger partial charge on any atom is -0.293 e. The molecule has 1 aromatic carbocycles. The molecule has 0 aliphatic heterocycles. The van der Waals surface area contributed by atoms with Crippen LogP contribution in [0.15, 0.2) is 28.2 Å². The number of ketones is 1. The fourth-order valence-electron chi connectivity index (χ4n) is 2.33. The van der Waals surface area contributed by atoms with Gasteiger partial charge < -0.3 is 0 Å². The molecule has 0 radical (unpaired) electrons. The number of carbonyl (C=O) groups excluding carboxylic acids is 1. The lowest BCUT2D eigenvalue weighted by Crippen LogP contribution is -2.17. The highest BCUT2D eigenvalue weighted by Crippen LogP contribution is 2.38. The first-order valence-electron chi connectivity index (χ1n) is 5.58. The maximum atomic E-state index is 12.1. The summed E-state index contributed by atoms with van der Waals surface area (Å²) in [5.41, 5.74) is 1.94. The van der Waals surface area contributed by atoms with Crippen molar-refractivity contribution in [2.24, 2.45) is 0 Å². The lowest BCUT2D eigenvalue weighted by Gasteiger charge is -2.21. The number of nitrogens with zero attached hydrogens (tertiary/aromatic N) is 1. The van der Waals surface area contributed by atoms with Crippen molar-refractivity contribution in [2.75, 3.05) is 0 Å². The van der Waals surface area contributed by atoms with Gasteiger partial charge in [-0.1, -0.05) is 29.8 Å². The van der Waals surface area contributed by atoms with Crippen molar-refractivity contribution in [3.8, 4) is 0 Å². The normalized spacial score (nSPS) is 18.8. The van der Waals surface area contributed by atoms with E-state index in [1.54, 1.807) is 0 Å². The monoisotopic (exact) mass is 341 g/mol. The van der Waals surface area contributed by atoms with E-state index in [1.165, 1.54) is 11.3 Å². The zero-order valence-corrected chi connectivity index (χ0v) is 12.5. The quantitative estimate of drug-likeness (QED) is 0.765. The molecule has 5 heteroatoms. The molecule has 1 atom stereocenters. The maximum Gasteiger partial charge on any atom is 0.175 e. The summed E-state index contributed by atoms with van der Waals surface area (Å²) in [7, 11) is 0. The number of hydrogen-bond acceptors (Lipinski definition) is 3. The number of halogens is 2. The van der Waals surface area contributed by atoms with Gasteiger partial charge >= 0.3 is 0 Å². The first-order valence-corrected chi connectivity index (χ1v) is 7.56. The van der Waals surface area contributed by atoms with E-state index in [0.29, 0.717) is 6.42 Å². The van der Waals surface area contributed by atoms with Crippen molar-refractivity contribution in [3.63, 3.8) is 0 Å². The van der Waals surface area contributed by atoms with Crippen molar-refractivity contribution < 1.29 is 4.79 Å². The summed E-state index contributed by atoms with van der Waals surface area (Å²) in [6.45, 7) is 0. The van der Waals surface area contributed by atoms with Crippen LogP contribution < -0.4 is 0 Å². The zero-order valence-electron chi connectivity index (χ0n) is 9.32. The van der Waals surface area contributed by atoms with Crippen LogP contribution in [0.3, 0.4) is 0 Å². The van der Waals surface area contributed by atoms with Gasteiger partial charge in [-0.25, -0.2) is 4.98 Å². The second kappa shape index (κ2) is 4.76. The third kappa shape index (κ3) is 2.13. The third-order valence-electron chi connectivity index (χ3n) is 3.14. The molecule has 0 N–H and O–H groups in total. The lowest BCUT2D eigenvalue weighted by atomic mass is 9.84. The first-order chi connectivity index (χ1) is 8.65. The van der Waals surface area contributed by atoms with E-state index in [-0.39, 0.29) is 11.7 Å². The SMILES string of the molecule is O=C1C[C@H](c2ccccc2Cl)Cc2nc(Br)sc21. The smallest absolute Gasteiger partial charge is 0.175 e. The summed E-state index contributed by atoms with van der Waals surface area (Å²) >= 11 is 11.0. The van der Waals surface area contributed by atoms with Crippen LogP contribution in [0.2, 0.25) is 5.02 Å². The molecule has 92 valence electrons. The Balaban J connectivity index is 1.99. The Kier molecular flexibility index (Phi) is 3.26. The van der Waals surface area contributed by atoms with Crippen LogP contribution in [-0.4, -0.2) is 10.8 Å². The summed E-state index contributed by atoms with van der Waals surface area (Å²) in [5, 5.41) is 0.730. The van der Waals surface area contributed by atoms with Crippen LogP contribution in [0.5, 0.6) is 0 Å². The Morgan fingerprint density at radius 3 is 2.89 bits per heavy atom. The van der Waals surface area contributed by atoms with Gasteiger partial charge in [0.15, 0.2) is 9.70 Å². The molecule has 3 rings (SSSR count). The molecule has 0 saturated carbocycles. The number of hydrogen-bond donors (Lipinski definition) is 0. The minimum absolute atomic E-state index is 0.146. The van der Waals surface area contributed by atoms with Crippen LogP contribution in [0.25, 0.3) is 0 Å². The molecule has 1 aliphatic rings. The van der Waals surface area contributed by atoms with E-state index in [0.717, 1.165) is 31.5 Å². The second-order valence-electron chi connectivity index (χ2n) is 4.29. The van der Waals surface area contributed by atoms with Gasteiger partial charge in [0.25, 0.3) is 0 Å². The highest BCUT2D eigenvalue weighted by molar-refractivity contribution is 9.11. The second-order valence-corrected chi connectivity index (χ2v) is 6.97. The topological polar surface area (TPSA) is 30.0 Å². The van der Waals surface area contributed by atoms with Gasteiger partial charge in [0, 0.05) is 11.4 Å². The van der Waals surface area contributed by atoms with Crippen LogP contribution in [0.1, 0.15) is 33.3 Å². The molecule has 2 aromatic rings. The molecule has 1 heterocycles. The Morgan fingerprint density at radius 1 is 1.33 bits per heavy atom. The van der Waals surface area contributed by atoms with Crippen molar-refractivity contribution in [3.05, 3.63) is 49.3 Å². The van der Waals surface area contributed by atoms with Crippen molar-refractivity contribution >= 4 is 44.7 Å². The van der Waals surface area contributed by atoms with Gasteiger partial charge in [0.2, 0.25) is 0 Å². The molecule has 2 nitrogen and oxygen atoms in total. The molecule has 1 aromatic heterocycles. The fourth-order valence-corrected chi connectivity index (χ4v) is 4.09. The van der Waals surface area contributed by atoms with Crippen molar-refractivity contribution in [1.82, 2.24) is 4.98 Å². The highest BCUT2D eigenvalue weighted by Gasteiger charge is 2.30. The van der Waals surface area contributed by atoms with Gasteiger partial charge in [-0.15, -0.1) is 11.3 Å². The summed E-state index contributed by atoms with van der Waals surface area (Å²) in [6.07, 6.45) is 1.30. The van der Waals surface area contributed by atoms with Crippen molar-refractivity contribution in [1.29, 1.82) is 0 Å². The van der Waals surface area contributed by atoms with Gasteiger partial charge in [0.05, 0.1) is 10.6 Å². The van der Waals surface area contributed by atoms with E-state index in [2.05, 4.69) is 20.9 Å². The number of Topliss-reactive ketones (excluding diaryl/α,β-unsaturated/α-hetero) is 1. The van der Waals surface area contributed by atoms with Crippen LogP contribution >= 0.6 is 38.9 Å². The molecule has 0 spiro atoms. The molecular weight excluding hydrogens is 334 g/mol. The van der Waals surface area contributed by atoms with Gasteiger partial charge in [-0.3, -0.25) is 4.79 Å². The molecule has 0 bridgehead atoms. The Bertz CT molecular complexity index is 625. The number of benzene rings is 1. The third-order valence-corrected chi connectivity index (χ3v) is 5.08. The molecule has 1 aliphatic carbocycles. The van der Waals surface area contributed by atoms with E-state index in [4.69, 9.17) is 11.6 Å². The number of carbonyl (C=O) groups is 1. The van der Waals surface area contributed by atoms with Gasteiger partial charge in [-0.2, -0.15) is 0 Å². The number of aromatic nitrogens is 1. The predicted octanol–water partition coefficient (Wildman–Crippen LogP) is 4.47. The summed E-state index contributed by atoms with van der Waals surface area (Å²) in [6, 6.07) is 7.72. The fraction of sp³-hybridized carbons (Fsp3) is 0.231. The Hall–Kier alpha value is -0.710. The van der Waals surface area contributed by atoms with E-state index < -0.39 is 0 Å². The Labute approximate surface area is 122 Å². The zero-order chi connectivity index (χ0) is 12.7. The Morgan fingerprint density at radius 2 is 2.11 bits per heavy atom.